The van der Waals surface area contributed by atoms with Crippen molar-refractivity contribution in [3.05, 3.63) is 35.5 Å². The number of para-hydroxylation sites is 1. The Kier molecular flexibility index (Phi) is 2.69. The van der Waals surface area contributed by atoms with Gasteiger partial charge < -0.3 is 4.98 Å². The molecule has 0 amide bonds. The van der Waals surface area contributed by atoms with Crippen LogP contribution in [0.15, 0.2) is 24.3 Å². The number of aromatic amines is 1. The molecule has 110 valence electrons. The standard InChI is InChI=1S/C19H24N2/c1-2-6-14-12-21-10-9-16-15-7-3-4-8-17(15)20-19(16)18(21)11-13(14)5-1/h3-4,7-8,13-14,18,20H,1-2,5-6,9-12H2/t13-,14?,18?/m0/s1. The first-order chi connectivity index (χ1) is 10.4. The predicted octanol–water partition coefficient (Wildman–Crippen LogP) is 4.28. The maximum Gasteiger partial charge on any atom is 0.0504 e. The van der Waals surface area contributed by atoms with Crippen molar-refractivity contribution in [2.24, 2.45) is 11.8 Å². The Bertz CT molecular complexity index is 671. The number of nitrogens with zero attached hydrogens (tertiary/aromatic N) is 1. The lowest BCUT2D eigenvalue weighted by atomic mass is 9.71. The molecule has 0 bridgehead atoms. The van der Waals surface area contributed by atoms with E-state index in [2.05, 4.69) is 34.1 Å². The van der Waals surface area contributed by atoms with Crippen LogP contribution >= 0.6 is 0 Å². The summed E-state index contributed by atoms with van der Waals surface area (Å²) < 4.78 is 0. The molecule has 1 N–H and O–H groups in total. The van der Waals surface area contributed by atoms with Crippen molar-refractivity contribution in [3.8, 4) is 0 Å². The lowest BCUT2D eigenvalue weighted by Crippen LogP contribution is -2.46. The van der Waals surface area contributed by atoms with Crippen LogP contribution in [0.4, 0.5) is 0 Å². The first-order valence-corrected chi connectivity index (χ1v) is 8.73. The van der Waals surface area contributed by atoms with E-state index in [-0.39, 0.29) is 0 Å². The van der Waals surface area contributed by atoms with Gasteiger partial charge in [-0.25, -0.2) is 0 Å². The molecule has 2 unspecified atom stereocenters. The van der Waals surface area contributed by atoms with Gasteiger partial charge in [0.05, 0.1) is 6.04 Å². The van der Waals surface area contributed by atoms with Gasteiger partial charge in [-0.1, -0.05) is 37.5 Å². The second-order valence-electron chi connectivity index (χ2n) is 7.36. The number of piperidine rings is 1. The second-order valence-corrected chi connectivity index (χ2v) is 7.36. The van der Waals surface area contributed by atoms with Crippen molar-refractivity contribution in [2.45, 2.75) is 44.6 Å². The highest BCUT2D eigenvalue weighted by Crippen LogP contribution is 2.46. The number of fused-ring (bicyclic) bond motifs is 6. The van der Waals surface area contributed by atoms with Crippen molar-refractivity contribution in [1.82, 2.24) is 9.88 Å². The Hall–Kier alpha value is -1.28. The number of hydrogen-bond donors (Lipinski definition) is 1. The van der Waals surface area contributed by atoms with Crippen LogP contribution < -0.4 is 0 Å². The third-order valence-electron chi connectivity index (χ3n) is 6.33. The van der Waals surface area contributed by atoms with E-state index < -0.39 is 0 Å². The number of H-pyrrole nitrogens is 1. The molecular weight excluding hydrogens is 256 g/mol. The molecule has 2 heteroatoms. The maximum absolute atomic E-state index is 3.77. The molecule has 5 rings (SSSR count). The van der Waals surface area contributed by atoms with Crippen LogP contribution in [0.3, 0.4) is 0 Å². The Labute approximate surface area is 126 Å². The average Bonchev–Trinajstić information content (AvgIpc) is 2.92. The van der Waals surface area contributed by atoms with Gasteiger partial charge in [0.2, 0.25) is 0 Å². The lowest BCUT2D eigenvalue weighted by Gasteiger charge is -2.48. The van der Waals surface area contributed by atoms with Gasteiger partial charge in [0.1, 0.15) is 0 Å². The number of rotatable bonds is 0. The van der Waals surface area contributed by atoms with E-state index in [0.717, 1.165) is 11.8 Å². The third kappa shape index (κ3) is 1.81. The fourth-order valence-corrected chi connectivity index (χ4v) is 5.28. The van der Waals surface area contributed by atoms with Gasteiger partial charge in [-0.2, -0.15) is 0 Å². The fraction of sp³-hybridized carbons (Fsp3) is 0.579. The van der Waals surface area contributed by atoms with Gasteiger partial charge in [0, 0.05) is 29.7 Å². The van der Waals surface area contributed by atoms with Gasteiger partial charge in [-0.15, -0.1) is 0 Å². The van der Waals surface area contributed by atoms with E-state index in [4.69, 9.17) is 0 Å². The summed E-state index contributed by atoms with van der Waals surface area (Å²) in [6.45, 7) is 2.62. The fourth-order valence-electron chi connectivity index (χ4n) is 5.28. The molecule has 3 heterocycles. The van der Waals surface area contributed by atoms with Crippen molar-refractivity contribution in [2.75, 3.05) is 13.1 Å². The zero-order chi connectivity index (χ0) is 13.8. The third-order valence-corrected chi connectivity index (χ3v) is 6.33. The molecule has 0 spiro atoms. The molecule has 1 aromatic carbocycles. The number of aromatic nitrogens is 1. The molecule has 1 saturated carbocycles. The predicted molar refractivity (Wildman–Crippen MR) is 86.4 cm³/mol. The largest absolute Gasteiger partial charge is 0.357 e. The summed E-state index contributed by atoms with van der Waals surface area (Å²) >= 11 is 0. The SMILES string of the molecule is c1ccc2c3c([nH]c2c1)C1C[C@@H]2CCCCC2CN1CC3. The molecule has 3 aliphatic rings. The summed E-state index contributed by atoms with van der Waals surface area (Å²) in [5, 5.41) is 1.47. The normalized spacial score (nSPS) is 32.5. The zero-order valence-corrected chi connectivity index (χ0v) is 12.6. The van der Waals surface area contributed by atoms with Crippen LogP contribution in [0, 0.1) is 11.8 Å². The molecule has 0 radical (unpaired) electrons. The number of nitrogens with one attached hydrogen (secondary N) is 1. The topological polar surface area (TPSA) is 19.0 Å². The van der Waals surface area contributed by atoms with E-state index in [0.29, 0.717) is 6.04 Å². The molecule has 2 fully saturated rings. The summed E-state index contributed by atoms with van der Waals surface area (Å²) in [4.78, 5) is 6.55. The quantitative estimate of drug-likeness (QED) is 0.763. The zero-order valence-electron chi connectivity index (χ0n) is 12.6. The number of hydrogen-bond acceptors (Lipinski definition) is 1. The van der Waals surface area contributed by atoms with Crippen LogP contribution in [0.5, 0.6) is 0 Å². The molecule has 2 nitrogen and oxygen atoms in total. The van der Waals surface area contributed by atoms with Crippen molar-refractivity contribution >= 4 is 10.9 Å². The molecule has 2 aromatic rings. The minimum Gasteiger partial charge on any atom is -0.357 e. The monoisotopic (exact) mass is 280 g/mol. The van der Waals surface area contributed by atoms with Crippen LogP contribution in [-0.4, -0.2) is 23.0 Å². The molecule has 21 heavy (non-hydrogen) atoms. The van der Waals surface area contributed by atoms with E-state index in [1.165, 1.54) is 62.5 Å². The Morgan fingerprint density at radius 2 is 1.90 bits per heavy atom. The van der Waals surface area contributed by atoms with Gasteiger partial charge in [0.25, 0.3) is 0 Å². The van der Waals surface area contributed by atoms with E-state index in [9.17, 15) is 0 Å². The average molecular weight is 280 g/mol. The Morgan fingerprint density at radius 3 is 2.86 bits per heavy atom. The first-order valence-electron chi connectivity index (χ1n) is 8.73. The van der Waals surface area contributed by atoms with Crippen LogP contribution in [0.1, 0.15) is 49.4 Å². The summed E-state index contributed by atoms with van der Waals surface area (Å²) in [6.07, 6.45) is 8.51. The Morgan fingerprint density at radius 1 is 1.05 bits per heavy atom. The summed E-state index contributed by atoms with van der Waals surface area (Å²) in [5.41, 5.74) is 4.50. The molecule has 1 saturated heterocycles. The summed E-state index contributed by atoms with van der Waals surface area (Å²) in [5.74, 6) is 1.97. The van der Waals surface area contributed by atoms with Crippen LogP contribution in [0.2, 0.25) is 0 Å². The van der Waals surface area contributed by atoms with Gasteiger partial charge in [-0.05, 0) is 42.7 Å². The second kappa shape index (κ2) is 4.61. The minimum atomic E-state index is 0.667. The smallest absolute Gasteiger partial charge is 0.0504 e. The molecule has 2 aliphatic heterocycles. The van der Waals surface area contributed by atoms with Crippen LogP contribution in [0.25, 0.3) is 10.9 Å². The molecule has 1 aliphatic carbocycles. The lowest BCUT2D eigenvalue weighted by molar-refractivity contribution is 0.0308. The molecule has 3 atom stereocenters. The minimum absolute atomic E-state index is 0.667. The Balaban J connectivity index is 1.56. The molecular formula is C19H24N2. The van der Waals surface area contributed by atoms with Gasteiger partial charge in [0.15, 0.2) is 0 Å². The molecule has 1 aromatic heterocycles. The van der Waals surface area contributed by atoms with E-state index in [1.807, 2.05) is 0 Å². The van der Waals surface area contributed by atoms with Gasteiger partial charge in [-0.3, -0.25) is 4.90 Å². The van der Waals surface area contributed by atoms with Crippen molar-refractivity contribution in [3.63, 3.8) is 0 Å². The first kappa shape index (κ1) is 12.3. The highest BCUT2D eigenvalue weighted by Gasteiger charge is 2.40. The van der Waals surface area contributed by atoms with Crippen molar-refractivity contribution in [1.29, 1.82) is 0 Å². The summed E-state index contributed by atoms with van der Waals surface area (Å²) in [7, 11) is 0. The van der Waals surface area contributed by atoms with Gasteiger partial charge >= 0.3 is 0 Å². The number of benzene rings is 1. The van der Waals surface area contributed by atoms with Crippen LogP contribution in [-0.2, 0) is 6.42 Å². The van der Waals surface area contributed by atoms with Crippen molar-refractivity contribution < 1.29 is 0 Å². The maximum atomic E-state index is 3.77. The summed E-state index contributed by atoms with van der Waals surface area (Å²) in [6, 6.07) is 9.54. The van der Waals surface area contributed by atoms with E-state index >= 15 is 0 Å². The van der Waals surface area contributed by atoms with E-state index in [1.54, 1.807) is 11.3 Å². The highest BCUT2D eigenvalue weighted by molar-refractivity contribution is 5.85. The highest BCUT2D eigenvalue weighted by atomic mass is 15.2.